The van der Waals surface area contributed by atoms with Crippen LogP contribution in [0, 0.1) is 13.1 Å². The number of nitrogens with two attached hydrogens (primary N) is 1. The number of aromatic nitrogens is 2. The molecule has 2 aliphatic heterocycles. The number of nitrogens with one attached hydrogen (secondary N) is 1. The van der Waals surface area contributed by atoms with E-state index in [9.17, 15) is 35.9 Å². The Bertz CT molecular complexity index is 2960. The average molecular weight is 1000 g/mol. The first-order chi connectivity index (χ1) is 31.7. The maximum absolute atomic E-state index is 12.5. The molecule has 0 saturated carbocycles. The van der Waals surface area contributed by atoms with Crippen molar-refractivity contribution in [3.8, 4) is 11.5 Å². The topological polar surface area (TPSA) is 132 Å². The van der Waals surface area contributed by atoms with Gasteiger partial charge in [0.25, 0.3) is 0 Å². The van der Waals surface area contributed by atoms with Crippen LogP contribution < -0.4 is 20.5 Å². The second kappa shape index (κ2) is 22.0. The minimum absolute atomic E-state index is 0. The van der Waals surface area contributed by atoms with Gasteiger partial charge >= 0.3 is 12.7 Å². The van der Waals surface area contributed by atoms with Crippen LogP contribution in [0.2, 0.25) is 15.1 Å². The van der Waals surface area contributed by atoms with Crippen LogP contribution in [0.4, 0.5) is 43.4 Å². The standard InChI is InChI=1S/C23H18ClF3N4O2.C15H12ClN3O.C8H7ClF3NO.CH4/c1-13(32)31-8-7-20-17(12-31)22(16-10-15(28-2)4-5-19(16)30-20)29-11-14-3-6-21(18(24)9-14)33-23(25,26)27;1-9(20)19-6-5-14-12(8-19)15(16)11-7-10(17-2)3-4-13(11)18-14;9-6-3-5(4-13)1-2-7(6)14-8(10,11)12;/h3-6,9-10H,7-8,11-12H2,1H3,(H,29,30);3-4,7H,5-6,8H2,1H3;1-3H,4,13H2;1H4. The number of pyridine rings is 2. The number of carbonyl (C=O) groups excluding carboxylic acids is 2. The van der Waals surface area contributed by atoms with Crippen molar-refractivity contribution in [1.29, 1.82) is 0 Å². The predicted molar refractivity (Wildman–Crippen MR) is 249 cm³/mol. The van der Waals surface area contributed by atoms with Crippen LogP contribution >= 0.6 is 34.8 Å². The van der Waals surface area contributed by atoms with Gasteiger partial charge in [-0.25, -0.2) is 9.69 Å². The monoisotopic (exact) mass is 1000 g/mol. The summed E-state index contributed by atoms with van der Waals surface area (Å²) >= 11 is 18.0. The number of hydrogen-bond donors (Lipinski definition) is 2. The Labute approximate surface area is 402 Å². The van der Waals surface area contributed by atoms with Crippen molar-refractivity contribution in [2.45, 2.75) is 73.0 Å². The lowest BCUT2D eigenvalue weighted by Crippen LogP contribution is -2.35. The summed E-state index contributed by atoms with van der Waals surface area (Å²) in [4.78, 5) is 43.2. The van der Waals surface area contributed by atoms with Crippen LogP contribution in [0.25, 0.3) is 31.5 Å². The number of ether oxygens (including phenoxy) is 2. The van der Waals surface area contributed by atoms with Crippen molar-refractivity contribution in [2.75, 3.05) is 18.4 Å². The van der Waals surface area contributed by atoms with E-state index in [0.717, 1.165) is 57.0 Å². The normalized spacial score (nSPS) is 13.0. The van der Waals surface area contributed by atoms with Gasteiger partial charge in [0.05, 0.1) is 39.2 Å². The molecule has 0 unspecified atom stereocenters. The van der Waals surface area contributed by atoms with E-state index in [1.54, 1.807) is 47.1 Å². The molecule has 0 atom stereocenters. The minimum atomic E-state index is -4.83. The second-order valence-electron chi connectivity index (χ2n) is 15.0. The molecule has 0 fully saturated rings. The maximum Gasteiger partial charge on any atom is 0.573 e. The highest BCUT2D eigenvalue weighted by Crippen LogP contribution is 2.37. The molecule has 4 heterocycles. The van der Waals surface area contributed by atoms with Gasteiger partial charge in [-0.05, 0) is 59.7 Å². The molecule has 356 valence electrons. The molecule has 2 aliphatic rings. The SMILES string of the molecule is C.NCc1ccc(OC(F)(F)F)c(Cl)c1.[C-]#[N+]c1ccc2nc3c(c(Cl)c2c1)CN(C(C)=O)CC3.[C-]#[N+]c1ccc2nc3c(c(NCc4ccc(OC(F)(F)F)c(Cl)c4)c2c1)CN(C(C)=O)CC3. The number of hydrogen-bond acceptors (Lipinski definition) is 8. The molecule has 0 saturated heterocycles. The van der Waals surface area contributed by atoms with E-state index in [0.29, 0.717) is 65.6 Å². The summed E-state index contributed by atoms with van der Waals surface area (Å²) in [7, 11) is 0. The molecule has 12 nitrogen and oxygen atoms in total. The first kappa shape index (κ1) is 52.4. The number of fused-ring (bicyclic) bond motifs is 4. The number of carbonyl (C=O) groups is 2. The lowest BCUT2D eigenvalue weighted by atomic mass is 9.99. The van der Waals surface area contributed by atoms with Crippen molar-refractivity contribution in [3.63, 3.8) is 0 Å². The van der Waals surface area contributed by atoms with Crippen LogP contribution in [-0.2, 0) is 48.6 Å². The zero-order chi connectivity index (χ0) is 48.8. The van der Waals surface area contributed by atoms with Gasteiger partial charge in [0, 0.05) is 105 Å². The van der Waals surface area contributed by atoms with E-state index >= 15 is 0 Å². The van der Waals surface area contributed by atoms with E-state index in [2.05, 4.69) is 29.5 Å². The molecular weight excluding hydrogens is 961 g/mol. The zero-order valence-electron chi connectivity index (χ0n) is 35.4. The number of amides is 2. The highest BCUT2D eigenvalue weighted by Gasteiger charge is 2.33. The highest BCUT2D eigenvalue weighted by atomic mass is 35.5. The molecular formula is C47H41Cl3F6N8O4. The fourth-order valence-corrected chi connectivity index (χ4v) is 8.02. The van der Waals surface area contributed by atoms with Gasteiger partial charge in [-0.1, -0.05) is 66.5 Å². The van der Waals surface area contributed by atoms with Gasteiger partial charge < -0.3 is 30.3 Å². The van der Waals surface area contributed by atoms with Gasteiger partial charge in [-0.2, -0.15) is 0 Å². The molecule has 4 aromatic carbocycles. The molecule has 8 rings (SSSR count). The predicted octanol–water partition coefficient (Wildman–Crippen LogP) is 12.5. The van der Waals surface area contributed by atoms with Crippen molar-refractivity contribution in [2.24, 2.45) is 5.73 Å². The molecule has 68 heavy (non-hydrogen) atoms. The van der Waals surface area contributed by atoms with Crippen molar-refractivity contribution in [1.82, 2.24) is 19.8 Å². The summed E-state index contributed by atoms with van der Waals surface area (Å²) in [6, 6.07) is 18.5. The Hall–Kier alpha value is -6.57. The van der Waals surface area contributed by atoms with Crippen LogP contribution in [0.5, 0.6) is 11.5 Å². The Morgan fingerprint density at radius 3 is 1.63 bits per heavy atom. The zero-order valence-corrected chi connectivity index (χ0v) is 37.6. The third-order valence-electron chi connectivity index (χ3n) is 10.5. The first-order valence-electron chi connectivity index (χ1n) is 20.0. The number of benzene rings is 4. The van der Waals surface area contributed by atoms with Gasteiger partial charge in [-0.15, -0.1) is 26.3 Å². The molecule has 0 aliphatic carbocycles. The molecule has 2 amide bonds. The van der Waals surface area contributed by atoms with E-state index in [1.807, 2.05) is 6.07 Å². The Kier molecular flexibility index (Phi) is 17.0. The summed E-state index contributed by atoms with van der Waals surface area (Å²) in [5, 5.41) is 5.19. The van der Waals surface area contributed by atoms with Crippen molar-refractivity contribution in [3.05, 3.63) is 144 Å². The largest absolute Gasteiger partial charge is 0.573 e. The lowest BCUT2D eigenvalue weighted by Gasteiger charge is -2.30. The Morgan fingerprint density at radius 2 is 1.16 bits per heavy atom. The smallest absolute Gasteiger partial charge is 0.404 e. The summed E-state index contributed by atoms with van der Waals surface area (Å²) in [6.45, 7) is 20.1. The lowest BCUT2D eigenvalue weighted by molar-refractivity contribution is -0.275. The number of rotatable bonds is 6. The van der Waals surface area contributed by atoms with Gasteiger partial charge in [-0.3, -0.25) is 19.6 Å². The first-order valence-corrected chi connectivity index (χ1v) is 21.1. The number of nitrogens with zero attached hydrogens (tertiary/aromatic N) is 6. The van der Waals surface area contributed by atoms with Crippen molar-refractivity contribution < 1.29 is 45.4 Å². The molecule has 0 radical (unpaired) electrons. The second-order valence-corrected chi connectivity index (χ2v) is 16.1. The minimum Gasteiger partial charge on any atom is -0.404 e. The third-order valence-corrected chi connectivity index (χ3v) is 11.5. The highest BCUT2D eigenvalue weighted by molar-refractivity contribution is 6.36. The maximum atomic E-state index is 12.5. The van der Waals surface area contributed by atoms with Gasteiger partial charge in [0.1, 0.15) is 11.5 Å². The summed E-state index contributed by atoms with van der Waals surface area (Å²) < 4.78 is 80.5. The van der Waals surface area contributed by atoms with Crippen LogP contribution in [0.15, 0.2) is 72.8 Å². The fraction of sp³-hybridized carbons (Fsp3) is 0.277. The van der Waals surface area contributed by atoms with E-state index in [1.165, 1.54) is 37.3 Å². The summed E-state index contributed by atoms with van der Waals surface area (Å²) in [5.74, 6) is -0.898. The van der Waals surface area contributed by atoms with Crippen LogP contribution in [-0.4, -0.2) is 57.4 Å². The molecule has 6 aromatic rings. The van der Waals surface area contributed by atoms with Gasteiger partial charge in [0.15, 0.2) is 11.4 Å². The third kappa shape index (κ3) is 13.1. The molecule has 2 aromatic heterocycles. The Morgan fingerprint density at radius 1 is 0.706 bits per heavy atom. The fourth-order valence-electron chi connectivity index (χ4n) is 7.22. The van der Waals surface area contributed by atoms with Crippen LogP contribution in [0.1, 0.15) is 54.9 Å². The molecule has 21 heteroatoms. The molecule has 0 bridgehead atoms. The number of halogens is 9. The Balaban J connectivity index is 0.000000210. The summed E-state index contributed by atoms with van der Waals surface area (Å²) in [6.07, 6.45) is -8.25. The number of anilines is 1. The quantitative estimate of drug-likeness (QED) is 0.125. The van der Waals surface area contributed by atoms with E-state index in [4.69, 9.17) is 58.7 Å². The van der Waals surface area contributed by atoms with E-state index in [-0.39, 0.29) is 42.4 Å². The van der Waals surface area contributed by atoms with Crippen molar-refractivity contribution >= 4 is 85.5 Å². The molecule has 3 N–H and O–H groups in total. The van der Waals surface area contributed by atoms with E-state index < -0.39 is 24.2 Å². The average Bonchev–Trinajstić information content (AvgIpc) is 3.28. The molecule has 0 spiro atoms. The summed E-state index contributed by atoms with van der Waals surface area (Å²) in [5.41, 5.74) is 13.4. The van der Waals surface area contributed by atoms with Gasteiger partial charge in [0.2, 0.25) is 11.8 Å². The number of alkyl halides is 6. The van der Waals surface area contributed by atoms with Crippen LogP contribution in [0.3, 0.4) is 0 Å².